The molecule has 0 aliphatic rings. The van der Waals surface area contributed by atoms with Gasteiger partial charge in [-0.1, -0.05) is 11.6 Å². The fourth-order valence-electron chi connectivity index (χ4n) is 2.11. The maximum Gasteiger partial charge on any atom is 0.232 e. The highest BCUT2D eigenvalue weighted by Crippen LogP contribution is 2.26. The molecule has 0 heterocycles. The number of carbonyl (C=O) groups is 1. The van der Waals surface area contributed by atoms with Gasteiger partial charge in [-0.15, -0.1) is 11.8 Å². The molecular formula is C18H20ClNO3S. The molecular weight excluding hydrogens is 346 g/mol. The van der Waals surface area contributed by atoms with Crippen LogP contribution in [-0.2, 0) is 11.3 Å². The van der Waals surface area contributed by atoms with E-state index in [2.05, 4.69) is 0 Å². The second-order valence-corrected chi connectivity index (χ2v) is 6.66. The maximum atomic E-state index is 12.3. The number of halogens is 1. The van der Waals surface area contributed by atoms with Crippen LogP contribution in [0.5, 0.6) is 11.5 Å². The van der Waals surface area contributed by atoms with E-state index < -0.39 is 0 Å². The van der Waals surface area contributed by atoms with Crippen LogP contribution in [0.15, 0.2) is 47.4 Å². The van der Waals surface area contributed by atoms with Crippen molar-refractivity contribution in [2.45, 2.75) is 11.4 Å². The molecule has 128 valence electrons. The molecule has 2 aromatic carbocycles. The van der Waals surface area contributed by atoms with Crippen LogP contribution in [0, 0.1) is 0 Å². The van der Waals surface area contributed by atoms with Crippen LogP contribution in [0.1, 0.15) is 5.56 Å². The van der Waals surface area contributed by atoms with Crippen molar-refractivity contribution in [3.63, 3.8) is 0 Å². The number of benzene rings is 2. The molecule has 0 radical (unpaired) electrons. The lowest BCUT2D eigenvalue weighted by molar-refractivity contribution is -0.127. The van der Waals surface area contributed by atoms with Crippen molar-refractivity contribution < 1.29 is 14.3 Å². The molecule has 0 aliphatic carbocycles. The first-order valence-electron chi connectivity index (χ1n) is 7.36. The standard InChI is InChI=1S/C18H20ClNO3S/c1-20(11-13-4-7-15(22-2)10-17(13)23-3)18(21)12-24-16-8-5-14(19)6-9-16/h4-10H,11-12H2,1-3H3. The first-order valence-corrected chi connectivity index (χ1v) is 8.73. The molecule has 0 atom stereocenters. The van der Waals surface area contributed by atoms with Gasteiger partial charge in [0.05, 0.1) is 20.0 Å². The van der Waals surface area contributed by atoms with E-state index in [0.717, 1.165) is 16.2 Å². The Morgan fingerprint density at radius 2 is 1.83 bits per heavy atom. The zero-order chi connectivity index (χ0) is 17.5. The number of carbonyl (C=O) groups excluding carboxylic acids is 1. The Morgan fingerprint density at radius 1 is 1.12 bits per heavy atom. The average Bonchev–Trinajstić information content (AvgIpc) is 2.61. The zero-order valence-corrected chi connectivity index (χ0v) is 15.5. The highest BCUT2D eigenvalue weighted by molar-refractivity contribution is 8.00. The van der Waals surface area contributed by atoms with Crippen LogP contribution in [0.2, 0.25) is 5.02 Å². The molecule has 0 aliphatic heterocycles. The minimum absolute atomic E-state index is 0.0489. The van der Waals surface area contributed by atoms with Gasteiger partial charge >= 0.3 is 0 Å². The third kappa shape index (κ3) is 5.08. The summed E-state index contributed by atoms with van der Waals surface area (Å²) in [4.78, 5) is 15.0. The van der Waals surface area contributed by atoms with Crippen molar-refractivity contribution in [2.75, 3.05) is 27.0 Å². The van der Waals surface area contributed by atoms with Gasteiger partial charge in [-0.2, -0.15) is 0 Å². The number of thioether (sulfide) groups is 1. The van der Waals surface area contributed by atoms with Gasteiger partial charge in [-0.3, -0.25) is 4.79 Å². The Bertz CT molecular complexity index is 691. The number of hydrogen-bond acceptors (Lipinski definition) is 4. The fourth-order valence-corrected chi connectivity index (χ4v) is 3.08. The van der Waals surface area contributed by atoms with Gasteiger partial charge in [0.1, 0.15) is 11.5 Å². The summed E-state index contributed by atoms with van der Waals surface area (Å²) in [6.07, 6.45) is 0. The lowest BCUT2D eigenvalue weighted by atomic mass is 10.2. The van der Waals surface area contributed by atoms with E-state index in [0.29, 0.717) is 23.1 Å². The monoisotopic (exact) mass is 365 g/mol. The van der Waals surface area contributed by atoms with Crippen LogP contribution < -0.4 is 9.47 Å². The minimum atomic E-state index is 0.0489. The highest BCUT2D eigenvalue weighted by Gasteiger charge is 2.13. The van der Waals surface area contributed by atoms with Gasteiger partial charge in [0.15, 0.2) is 0 Å². The molecule has 0 spiro atoms. The van der Waals surface area contributed by atoms with Crippen molar-refractivity contribution in [3.8, 4) is 11.5 Å². The third-order valence-electron chi connectivity index (χ3n) is 3.50. The van der Waals surface area contributed by atoms with E-state index in [1.54, 1.807) is 26.2 Å². The Hall–Kier alpha value is -1.85. The van der Waals surface area contributed by atoms with Crippen LogP contribution in [0.25, 0.3) is 0 Å². The second kappa shape index (κ2) is 8.85. The molecule has 24 heavy (non-hydrogen) atoms. The van der Waals surface area contributed by atoms with Gasteiger partial charge in [0, 0.05) is 35.1 Å². The van der Waals surface area contributed by atoms with Gasteiger partial charge < -0.3 is 14.4 Å². The highest BCUT2D eigenvalue weighted by atomic mass is 35.5. The van der Waals surface area contributed by atoms with E-state index >= 15 is 0 Å². The van der Waals surface area contributed by atoms with Crippen LogP contribution in [0.3, 0.4) is 0 Å². The predicted octanol–water partition coefficient (Wildman–Crippen LogP) is 4.11. The molecule has 0 bridgehead atoms. The SMILES string of the molecule is COc1ccc(CN(C)C(=O)CSc2ccc(Cl)cc2)c(OC)c1. The number of methoxy groups -OCH3 is 2. The normalized spacial score (nSPS) is 10.3. The lowest BCUT2D eigenvalue weighted by Crippen LogP contribution is -2.28. The largest absolute Gasteiger partial charge is 0.497 e. The summed E-state index contributed by atoms with van der Waals surface area (Å²) in [7, 11) is 5.00. The number of ether oxygens (including phenoxy) is 2. The van der Waals surface area contributed by atoms with Crippen molar-refractivity contribution in [1.29, 1.82) is 0 Å². The Labute approximate surface area is 151 Å². The lowest BCUT2D eigenvalue weighted by Gasteiger charge is -2.19. The van der Waals surface area contributed by atoms with Crippen LogP contribution in [-0.4, -0.2) is 37.8 Å². The van der Waals surface area contributed by atoms with Crippen molar-refractivity contribution in [1.82, 2.24) is 4.90 Å². The molecule has 2 aromatic rings. The number of rotatable bonds is 7. The predicted molar refractivity (Wildman–Crippen MR) is 98.2 cm³/mol. The van der Waals surface area contributed by atoms with Crippen LogP contribution >= 0.6 is 23.4 Å². The van der Waals surface area contributed by atoms with Crippen molar-refractivity contribution in [2.24, 2.45) is 0 Å². The Balaban J connectivity index is 1.94. The summed E-state index contributed by atoms with van der Waals surface area (Å²) in [6, 6.07) is 13.0. The maximum absolute atomic E-state index is 12.3. The first-order chi connectivity index (χ1) is 11.5. The number of amides is 1. The summed E-state index contributed by atoms with van der Waals surface area (Å²) >= 11 is 7.35. The van der Waals surface area contributed by atoms with E-state index in [9.17, 15) is 4.79 Å². The molecule has 0 N–H and O–H groups in total. The molecule has 2 rings (SSSR count). The van der Waals surface area contributed by atoms with Crippen molar-refractivity contribution in [3.05, 3.63) is 53.1 Å². The van der Waals surface area contributed by atoms with Crippen LogP contribution in [0.4, 0.5) is 0 Å². The van der Waals surface area contributed by atoms with Gasteiger partial charge in [-0.05, 0) is 36.4 Å². The van der Waals surface area contributed by atoms with Crippen molar-refractivity contribution >= 4 is 29.3 Å². The molecule has 1 amide bonds. The van der Waals surface area contributed by atoms with E-state index in [-0.39, 0.29) is 5.91 Å². The molecule has 0 unspecified atom stereocenters. The molecule has 0 saturated heterocycles. The van der Waals surface area contributed by atoms with Gasteiger partial charge in [0.2, 0.25) is 5.91 Å². The minimum Gasteiger partial charge on any atom is -0.497 e. The van der Waals surface area contributed by atoms with Gasteiger partial charge in [-0.25, -0.2) is 0 Å². The first kappa shape index (κ1) is 18.5. The summed E-state index contributed by atoms with van der Waals surface area (Å²) in [5.41, 5.74) is 0.936. The number of hydrogen-bond donors (Lipinski definition) is 0. The smallest absolute Gasteiger partial charge is 0.232 e. The second-order valence-electron chi connectivity index (χ2n) is 5.17. The summed E-state index contributed by atoms with van der Waals surface area (Å²) in [5.74, 6) is 1.85. The summed E-state index contributed by atoms with van der Waals surface area (Å²) in [5, 5.41) is 0.689. The van der Waals surface area contributed by atoms with Gasteiger partial charge in [0.25, 0.3) is 0 Å². The molecule has 4 nitrogen and oxygen atoms in total. The Morgan fingerprint density at radius 3 is 2.46 bits per heavy atom. The summed E-state index contributed by atoms with van der Waals surface area (Å²) in [6.45, 7) is 0.479. The number of nitrogens with zero attached hydrogens (tertiary/aromatic N) is 1. The molecule has 0 fully saturated rings. The fraction of sp³-hybridized carbons (Fsp3) is 0.278. The van der Waals surface area contributed by atoms with E-state index in [1.165, 1.54) is 11.8 Å². The quantitative estimate of drug-likeness (QED) is 0.692. The third-order valence-corrected chi connectivity index (χ3v) is 4.75. The molecule has 0 saturated carbocycles. The topological polar surface area (TPSA) is 38.8 Å². The zero-order valence-electron chi connectivity index (χ0n) is 13.9. The van der Waals surface area contributed by atoms with E-state index in [4.69, 9.17) is 21.1 Å². The summed E-state index contributed by atoms with van der Waals surface area (Å²) < 4.78 is 10.6. The molecule has 6 heteroatoms. The van der Waals surface area contributed by atoms with E-state index in [1.807, 2.05) is 42.5 Å². The Kier molecular flexibility index (Phi) is 6.82. The average molecular weight is 366 g/mol. The molecule has 0 aromatic heterocycles.